The van der Waals surface area contributed by atoms with Crippen LogP contribution in [0.1, 0.15) is 29.3 Å². The predicted octanol–water partition coefficient (Wildman–Crippen LogP) is 2.45. The van der Waals surface area contributed by atoms with E-state index in [1.165, 1.54) is 12.1 Å². The number of nitrogens with one attached hydrogen (secondary N) is 1. The molecule has 1 amide bonds. The Labute approximate surface area is 168 Å². The number of aromatic amines is 1. The molecule has 1 aliphatic rings. The van der Waals surface area contributed by atoms with Gasteiger partial charge in [0.2, 0.25) is 5.91 Å². The summed E-state index contributed by atoms with van der Waals surface area (Å²) in [6, 6.07) is 15.1. The van der Waals surface area contributed by atoms with Crippen molar-refractivity contribution in [2.24, 2.45) is 0 Å². The average molecular weight is 411 g/mol. The highest BCUT2D eigenvalue weighted by Gasteiger charge is 2.32. The summed E-state index contributed by atoms with van der Waals surface area (Å²) in [7, 11) is -3.52. The topological polar surface area (TPSA) is 103 Å². The number of aromatic nitrogens is 2. The Hall–Kier alpha value is -3.13. The number of nitrogens with zero attached hydrogens (tertiary/aromatic N) is 2. The molecule has 0 radical (unpaired) electrons. The third kappa shape index (κ3) is 4.02. The van der Waals surface area contributed by atoms with Gasteiger partial charge in [-0.3, -0.25) is 4.79 Å². The van der Waals surface area contributed by atoms with Crippen molar-refractivity contribution in [3.05, 3.63) is 77.9 Å². The number of imidazole rings is 1. The van der Waals surface area contributed by atoms with Crippen LogP contribution < -0.4 is 0 Å². The van der Waals surface area contributed by atoms with Crippen molar-refractivity contribution in [1.29, 1.82) is 0 Å². The first-order valence-corrected chi connectivity index (χ1v) is 11.0. The summed E-state index contributed by atoms with van der Waals surface area (Å²) < 4.78 is 25.0. The highest BCUT2D eigenvalue weighted by molar-refractivity contribution is 7.91. The maximum absolute atomic E-state index is 12.8. The number of fused-ring (bicyclic) bond motifs is 1. The van der Waals surface area contributed by atoms with Crippen LogP contribution in [0.5, 0.6) is 5.75 Å². The van der Waals surface area contributed by atoms with Crippen molar-refractivity contribution in [3.8, 4) is 5.75 Å². The van der Waals surface area contributed by atoms with Gasteiger partial charge in [0.05, 0.1) is 34.9 Å². The monoisotopic (exact) mass is 411 g/mol. The third-order valence-corrected chi connectivity index (χ3v) is 6.88. The third-order valence-electron chi connectivity index (χ3n) is 5.15. The van der Waals surface area contributed by atoms with Crippen molar-refractivity contribution in [3.63, 3.8) is 0 Å². The lowest BCUT2D eigenvalue weighted by Gasteiger charge is -2.32. The van der Waals surface area contributed by atoms with Crippen molar-refractivity contribution in [1.82, 2.24) is 14.9 Å². The van der Waals surface area contributed by atoms with Gasteiger partial charge in [-0.15, -0.1) is 0 Å². The molecule has 150 valence electrons. The van der Waals surface area contributed by atoms with Crippen molar-refractivity contribution in [2.45, 2.75) is 23.8 Å². The van der Waals surface area contributed by atoms with Crippen LogP contribution in [0.4, 0.5) is 0 Å². The van der Waals surface area contributed by atoms with Gasteiger partial charge in [0.15, 0.2) is 9.84 Å². The maximum Gasteiger partial charge on any atom is 0.223 e. The van der Waals surface area contributed by atoms with E-state index in [0.29, 0.717) is 13.1 Å². The minimum Gasteiger partial charge on any atom is -0.508 e. The van der Waals surface area contributed by atoms with E-state index in [1.54, 1.807) is 47.6 Å². The second-order valence-corrected chi connectivity index (χ2v) is 9.18. The van der Waals surface area contributed by atoms with Gasteiger partial charge in [-0.25, -0.2) is 13.4 Å². The number of rotatable bonds is 5. The Kier molecular flexibility index (Phi) is 5.10. The molecular weight excluding hydrogens is 390 g/mol. The number of carbonyl (C=O) groups excluding carboxylic acids is 1. The van der Waals surface area contributed by atoms with E-state index in [-0.39, 0.29) is 34.6 Å². The Morgan fingerprint density at radius 1 is 1.17 bits per heavy atom. The summed E-state index contributed by atoms with van der Waals surface area (Å²) in [4.78, 5) is 22.2. The van der Waals surface area contributed by atoms with Gasteiger partial charge in [0.1, 0.15) is 5.75 Å². The summed E-state index contributed by atoms with van der Waals surface area (Å²) in [5, 5.41) is 9.82. The van der Waals surface area contributed by atoms with Gasteiger partial charge in [0.25, 0.3) is 0 Å². The first-order chi connectivity index (χ1) is 13.9. The molecule has 2 N–H and O–H groups in total. The molecule has 1 atom stereocenters. The number of phenols is 1. The number of H-pyrrole nitrogens is 1. The first kappa shape index (κ1) is 19.2. The van der Waals surface area contributed by atoms with Crippen LogP contribution in [-0.4, -0.2) is 46.6 Å². The van der Waals surface area contributed by atoms with Crippen LogP contribution in [0.15, 0.2) is 65.8 Å². The number of hydrogen-bond acceptors (Lipinski definition) is 5. The van der Waals surface area contributed by atoms with Crippen LogP contribution in [0.3, 0.4) is 0 Å². The van der Waals surface area contributed by atoms with Gasteiger partial charge in [-0.2, -0.15) is 0 Å². The molecule has 0 saturated heterocycles. The number of sulfone groups is 1. The molecule has 1 aromatic heterocycles. The SMILES string of the molecule is O=C(CCS(=O)(=O)c1ccccc1)N1Cc2[nH]cnc2C(c2cccc(O)c2)C1. The molecular formula is C21H21N3O4S. The number of hydrogen-bond donors (Lipinski definition) is 2. The number of aromatic hydroxyl groups is 1. The lowest BCUT2D eigenvalue weighted by Crippen LogP contribution is -2.39. The quantitative estimate of drug-likeness (QED) is 0.671. The first-order valence-electron chi connectivity index (χ1n) is 9.31. The van der Waals surface area contributed by atoms with Crippen LogP contribution in [-0.2, 0) is 21.2 Å². The molecule has 2 aromatic carbocycles. The van der Waals surface area contributed by atoms with Gasteiger partial charge in [-0.1, -0.05) is 30.3 Å². The van der Waals surface area contributed by atoms with Crippen LogP contribution in [0, 0.1) is 0 Å². The summed E-state index contributed by atoms with van der Waals surface area (Å²) in [6.45, 7) is 0.736. The molecule has 0 spiro atoms. The molecule has 1 unspecified atom stereocenters. The number of amides is 1. The van der Waals surface area contributed by atoms with Gasteiger partial charge >= 0.3 is 0 Å². The average Bonchev–Trinajstić information content (AvgIpc) is 3.21. The Morgan fingerprint density at radius 3 is 2.72 bits per heavy atom. The van der Waals surface area contributed by atoms with Crippen LogP contribution in [0.2, 0.25) is 0 Å². The van der Waals surface area contributed by atoms with E-state index in [0.717, 1.165) is 17.0 Å². The van der Waals surface area contributed by atoms with Crippen LogP contribution in [0.25, 0.3) is 0 Å². The fourth-order valence-corrected chi connectivity index (χ4v) is 4.89. The molecule has 0 saturated carbocycles. The Bertz CT molecular complexity index is 1130. The summed E-state index contributed by atoms with van der Waals surface area (Å²) in [5.74, 6) is -0.502. The zero-order valence-corrected chi connectivity index (χ0v) is 16.5. The number of benzene rings is 2. The molecule has 1 aliphatic heterocycles. The lowest BCUT2D eigenvalue weighted by molar-refractivity contribution is -0.132. The van der Waals surface area contributed by atoms with E-state index in [1.807, 2.05) is 6.07 Å². The number of carbonyl (C=O) groups is 1. The standard InChI is InChI=1S/C21H21N3O4S/c25-16-6-4-5-15(11-16)18-12-24(13-19-21(18)23-14-22-19)20(26)9-10-29(27,28)17-7-2-1-3-8-17/h1-8,11,14,18,25H,9-10,12-13H2,(H,22,23). The van der Waals surface area contributed by atoms with E-state index in [4.69, 9.17) is 0 Å². The van der Waals surface area contributed by atoms with Crippen molar-refractivity contribution in [2.75, 3.05) is 12.3 Å². The van der Waals surface area contributed by atoms with Gasteiger partial charge < -0.3 is 15.0 Å². The van der Waals surface area contributed by atoms with E-state index in [9.17, 15) is 18.3 Å². The molecule has 8 heteroatoms. The lowest BCUT2D eigenvalue weighted by atomic mass is 9.90. The summed E-state index contributed by atoms with van der Waals surface area (Å²) in [6.07, 6.45) is 1.50. The predicted molar refractivity (Wildman–Crippen MR) is 107 cm³/mol. The fraction of sp³-hybridized carbons (Fsp3) is 0.238. The largest absolute Gasteiger partial charge is 0.508 e. The highest BCUT2D eigenvalue weighted by Crippen LogP contribution is 2.33. The van der Waals surface area contributed by atoms with Gasteiger partial charge in [-0.05, 0) is 29.8 Å². The van der Waals surface area contributed by atoms with E-state index < -0.39 is 9.84 Å². The second kappa shape index (κ2) is 7.71. The molecule has 7 nitrogen and oxygen atoms in total. The smallest absolute Gasteiger partial charge is 0.223 e. The van der Waals surface area contributed by atoms with Crippen molar-refractivity contribution >= 4 is 15.7 Å². The normalized spacial score (nSPS) is 16.4. The molecule has 0 aliphatic carbocycles. The molecule has 4 rings (SSSR count). The van der Waals surface area contributed by atoms with Crippen LogP contribution >= 0.6 is 0 Å². The molecule has 0 fully saturated rings. The molecule has 0 bridgehead atoms. The number of phenolic OH excluding ortho intramolecular Hbond substituents is 1. The van der Waals surface area contributed by atoms with E-state index in [2.05, 4.69) is 9.97 Å². The fourth-order valence-electron chi connectivity index (χ4n) is 3.64. The molecule has 3 aromatic rings. The zero-order chi connectivity index (χ0) is 20.4. The van der Waals surface area contributed by atoms with Crippen molar-refractivity contribution < 1.29 is 18.3 Å². The Morgan fingerprint density at radius 2 is 1.97 bits per heavy atom. The second-order valence-electron chi connectivity index (χ2n) is 7.07. The summed E-state index contributed by atoms with van der Waals surface area (Å²) in [5.41, 5.74) is 2.52. The molecule has 2 heterocycles. The zero-order valence-electron chi connectivity index (χ0n) is 15.7. The minimum absolute atomic E-state index is 0.0898. The Balaban J connectivity index is 1.51. The molecule has 29 heavy (non-hydrogen) atoms. The van der Waals surface area contributed by atoms with E-state index >= 15 is 0 Å². The van der Waals surface area contributed by atoms with Gasteiger partial charge in [0, 0.05) is 18.9 Å². The maximum atomic E-state index is 12.8. The highest BCUT2D eigenvalue weighted by atomic mass is 32.2. The minimum atomic E-state index is -3.52. The summed E-state index contributed by atoms with van der Waals surface area (Å²) >= 11 is 0.